The predicted octanol–water partition coefficient (Wildman–Crippen LogP) is 3.13. The molecule has 1 aliphatic heterocycles. The molecule has 3 aromatic rings. The number of rotatable bonds is 6. The van der Waals surface area contributed by atoms with Crippen LogP contribution in [0.2, 0.25) is 0 Å². The van der Waals surface area contributed by atoms with E-state index in [9.17, 15) is 4.79 Å². The second-order valence-corrected chi connectivity index (χ2v) is 7.87. The molecular formula is C22H24N4O3S. The molecule has 7 nitrogen and oxygen atoms in total. The third-order valence-electron chi connectivity index (χ3n) is 5.23. The maximum absolute atomic E-state index is 12.4. The number of ether oxygens (including phenoxy) is 2. The normalized spacial score (nSPS) is 13.7. The maximum Gasteiger partial charge on any atom is 0.256 e. The van der Waals surface area contributed by atoms with Crippen molar-refractivity contribution in [2.75, 3.05) is 27.0 Å². The number of hydrogen-bond acceptors (Lipinski definition) is 7. The van der Waals surface area contributed by atoms with Gasteiger partial charge in [0, 0.05) is 37.8 Å². The van der Waals surface area contributed by atoms with Crippen LogP contribution in [0.1, 0.15) is 16.8 Å². The summed E-state index contributed by atoms with van der Waals surface area (Å²) in [4.78, 5) is 26.7. The van der Waals surface area contributed by atoms with Gasteiger partial charge >= 0.3 is 0 Å². The maximum atomic E-state index is 12.4. The van der Waals surface area contributed by atoms with E-state index in [0.29, 0.717) is 11.7 Å². The fraction of sp³-hybridized carbons (Fsp3) is 0.318. The first-order valence-corrected chi connectivity index (χ1v) is 10.9. The lowest BCUT2D eigenvalue weighted by Gasteiger charge is -2.27. The van der Waals surface area contributed by atoms with Gasteiger partial charge in [0.1, 0.15) is 11.5 Å². The van der Waals surface area contributed by atoms with Crippen molar-refractivity contribution in [2.45, 2.75) is 24.7 Å². The molecule has 0 saturated heterocycles. The summed E-state index contributed by atoms with van der Waals surface area (Å²) in [5, 5.41) is 0.681. The number of aromatic amines is 1. The largest absolute Gasteiger partial charge is 0.497 e. The second-order valence-electron chi connectivity index (χ2n) is 7.08. The Hall–Kier alpha value is -2.84. The molecule has 0 spiro atoms. The van der Waals surface area contributed by atoms with Crippen LogP contribution in [0.15, 0.2) is 46.5 Å². The molecule has 0 fully saturated rings. The van der Waals surface area contributed by atoms with Crippen LogP contribution in [0.5, 0.6) is 11.5 Å². The third kappa shape index (κ3) is 4.20. The van der Waals surface area contributed by atoms with Crippen LogP contribution < -0.4 is 15.0 Å². The lowest BCUT2D eigenvalue weighted by Crippen LogP contribution is -2.35. The lowest BCUT2D eigenvalue weighted by molar-refractivity contribution is 0.240. The van der Waals surface area contributed by atoms with Crippen molar-refractivity contribution in [3.8, 4) is 22.8 Å². The molecule has 0 radical (unpaired) electrons. The molecule has 2 aromatic heterocycles. The summed E-state index contributed by atoms with van der Waals surface area (Å²) in [6, 6.07) is 9.72. The standard InChI is InChI=1S/C22H24N4O3S/c1-28-15-5-7-20(29-2)16(10-15)18-6-4-14(11-23-18)12-26-9-8-19-17(13-26)21(27)25-22(24-19)30-3/h4-7,10-11H,8-9,12-13H2,1-3H3,(H,24,25,27). The number of pyridine rings is 1. The van der Waals surface area contributed by atoms with E-state index < -0.39 is 0 Å². The van der Waals surface area contributed by atoms with E-state index in [2.05, 4.69) is 25.9 Å². The Balaban J connectivity index is 1.51. The van der Waals surface area contributed by atoms with Crippen molar-refractivity contribution in [2.24, 2.45) is 0 Å². The molecule has 0 saturated carbocycles. The summed E-state index contributed by atoms with van der Waals surface area (Å²) in [6.45, 7) is 2.19. The summed E-state index contributed by atoms with van der Waals surface area (Å²) in [7, 11) is 3.29. The Bertz CT molecular complexity index is 1100. The van der Waals surface area contributed by atoms with Gasteiger partial charge in [0.15, 0.2) is 5.16 Å². The number of thioether (sulfide) groups is 1. The Labute approximate surface area is 179 Å². The minimum Gasteiger partial charge on any atom is -0.497 e. The van der Waals surface area contributed by atoms with Gasteiger partial charge in [-0.1, -0.05) is 17.8 Å². The van der Waals surface area contributed by atoms with Gasteiger partial charge in [-0.05, 0) is 36.1 Å². The highest BCUT2D eigenvalue weighted by molar-refractivity contribution is 7.98. The fourth-order valence-electron chi connectivity index (χ4n) is 3.64. The number of aromatic nitrogens is 3. The molecule has 8 heteroatoms. The van der Waals surface area contributed by atoms with E-state index in [1.54, 1.807) is 14.2 Å². The quantitative estimate of drug-likeness (QED) is 0.481. The summed E-state index contributed by atoms with van der Waals surface area (Å²) in [6.07, 6.45) is 4.57. The number of nitrogens with one attached hydrogen (secondary N) is 1. The highest BCUT2D eigenvalue weighted by Crippen LogP contribution is 2.32. The zero-order valence-electron chi connectivity index (χ0n) is 17.3. The molecule has 30 heavy (non-hydrogen) atoms. The summed E-state index contributed by atoms with van der Waals surface area (Å²) in [5.74, 6) is 1.51. The SMILES string of the molecule is COc1ccc(OC)c(-c2ccc(CN3CCc4nc(SC)[nH]c(=O)c4C3)cn2)c1. The van der Waals surface area contributed by atoms with Crippen LogP contribution in [0.4, 0.5) is 0 Å². The van der Waals surface area contributed by atoms with E-state index in [0.717, 1.165) is 59.1 Å². The third-order valence-corrected chi connectivity index (χ3v) is 5.81. The number of nitrogens with zero attached hydrogens (tertiary/aromatic N) is 3. The first-order valence-electron chi connectivity index (χ1n) is 9.67. The highest BCUT2D eigenvalue weighted by Gasteiger charge is 2.21. The van der Waals surface area contributed by atoms with Crippen molar-refractivity contribution >= 4 is 11.8 Å². The Morgan fingerprint density at radius 2 is 2.07 bits per heavy atom. The van der Waals surface area contributed by atoms with E-state index in [-0.39, 0.29) is 5.56 Å². The van der Waals surface area contributed by atoms with Gasteiger partial charge in [0.05, 0.1) is 31.2 Å². The molecule has 0 bridgehead atoms. The molecule has 0 aliphatic carbocycles. The van der Waals surface area contributed by atoms with Crippen LogP contribution in [0.3, 0.4) is 0 Å². The number of hydrogen-bond donors (Lipinski definition) is 1. The van der Waals surface area contributed by atoms with Crippen LogP contribution in [0, 0.1) is 0 Å². The van der Waals surface area contributed by atoms with Crippen molar-refractivity contribution in [1.29, 1.82) is 0 Å². The molecule has 1 aliphatic rings. The number of fused-ring (bicyclic) bond motifs is 1. The van der Waals surface area contributed by atoms with Crippen LogP contribution in [-0.4, -0.2) is 46.9 Å². The van der Waals surface area contributed by atoms with E-state index in [4.69, 9.17) is 9.47 Å². The van der Waals surface area contributed by atoms with Crippen LogP contribution in [-0.2, 0) is 19.5 Å². The zero-order chi connectivity index (χ0) is 21.1. The molecular weight excluding hydrogens is 400 g/mol. The van der Waals surface area contributed by atoms with Gasteiger partial charge < -0.3 is 14.5 Å². The Morgan fingerprint density at radius 3 is 2.77 bits per heavy atom. The minimum absolute atomic E-state index is 0.0346. The monoisotopic (exact) mass is 424 g/mol. The number of methoxy groups -OCH3 is 2. The molecule has 0 amide bonds. The first kappa shape index (κ1) is 20.4. The Morgan fingerprint density at radius 1 is 1.20 bits per heavy atom. The number of H-pyrrole nitrogens is 1. The van der Waals surface area contributed by atoms with Crippen molar-refractivity contribution in [3.05, 3.63) is 63.7 Å². The van der Waals surface area contributed by atoms with Gasteiger partial charge in [-0.15, -0.1) is 0 Å². The van der Waals surface area contributed by atoms with E-state index >= 15 is 0 Å². The number of benzene rings is 1. The van der Waals surface area contributed by atoms with Crippen molar-refractivity contribution in [3.63, 3.8) is 0 Å². The van der Waals surface area contributed by atoms with Gasteiger partial charge in [0.25, 0.3) is 5.56 Å². The van der Waals surface area contributed by atoms with Crippen molar-refractivity contribution in [1.82, 2.24) is 19.9 Å². The van der Waals surface area contributed by atoms with Gasteiger partial charge in [0.2, 0.25) is 0 Å². The topological polar surface area (TPSA) is 80.3 Å². The van der Waals surface area contributed by atoms with E-state index in [1.807, 2.05) is 36.7 Å². The smallest absolute Gasteiger partial charge is 0.256 e. The molecule has 0 unspecified atom stereocenters. The van der Waals surface area contributed by atoms with Gasteiger partial charge in [-0.25, -0.2) is 4.98 Å². The molecule has 1 N–H and O–H groups in total. The molecule has 0 atom stereocenters. The van der Waals surface area contributed by atoms with Gasteiger partial charge in [-0.3, -0.25) is 14.7 Å². The molecule has 1 aromatic carbocycles. The predicted molar refractivity (Wildman–Crippen MR) is 117 cm³/mol. The second kappa shape index (κ2) is 8.89. The van der Waals surface area contributed by atoms with Crippen molar-refractivity contribution < 1.29 is 9.47 Å². The van der Waals surface area contributed by atoms with Crippen LogP contribution in [0.25, 0.3) is 11.3 Å². The zero-order valence-corrected chi connectivity index (χ0v) is 18.1. The minimum atomic E-state index is -0.0346. The molecule has 156 valence electrons. The van der Waals surface area contributed by atoms with E-state index in [1.165, 1.54) is 11.8 Å². The summed E-state index contributed by atoms with van der Waals surface area (Å²) in [5.41, 5.74) is 4.45. The first-order chi connectivity index (χ1) is 14.6. The molecule has 3 heterocycles. The molecule has 4 rings (SSSR count). The fourth-order valence-corrected chi connectivity index (χ4v) is 4.04. The summed E-state index contributed by atoms with van der Waals surface area (Å²) < 4.78 is 10.8. The average Bonchev–Trinajstić information content (AvgIpc) is 2.79. The lowest BCUT2D eigenvalue weighted by atomic mass is 10.1. The summed E-state index contributed by atoms with van der Waals surface area (Å²) >= 11 is 1.46. The highest BCUT2D eigenvalue weighted by atomic mass is 32.2. The van der Waals surface area contributed by atoms with Crippen LogP contribution >= 0.6 is 11.8 Å². The average molecular weight is 425 g/mol. The Kier molecular flexibility index (Phi) is 6.06. The van der Waals surface area contributed by atoms with Gasteiger partial charge in [-0.2, -0.15) is 0 Å².